The third-order valence-electron chi connectivity index (χ3n) is 5.33. The molecule has 10 heteroatoms. The molecule has 1 fully saturated rings. The highest BCUT2D eigenvalue weighted by atomic mass is 16.7. The summed E-state index contributed by atoms with van der Waals surface area (Å²) in [4.78, 5) is 28.1. The first kappa shape index (κ1) is 25.2. The smallest absolute Gasteiger partial charge is 0.338 e. The van der Waals surface area contributed by atoms with Crippen molar-refractivity contribution in [3.05, 3.63) is 82.2 Å². The minimum atomic E-state index is -1.07. The van der Waals surface area contributed by atoms with Crippen molar-refractivity contribution in [2.45, 2.75) is 50.3 Å². The van der Waals surface area contributed by atoms with Crippen LogP contribution in [0.2, 0.25) is 0 Å². The molecule has 0 spiro atoms. The van der Waals surface area contributed by atoms with E-state index in [1.54, 1.807) is 60.7 Å². The van der Waals surface area contributed by atoms with Crippen molar-refractivity contribution in [2.75, 3.05) is 13.2 Å². The van der Waals surface area contributed by atoms with Gasteiger partial charge in [0.1, 0.15) is 24.9 Å². The molecule has 1 aliphatic rings. The molecular weight excluding hydrogens is 440 g/mol. The van der Waals surface area contributed by atoms with Crippen molar-refractivity contribution in [3.8, 4) is 0 Å². The maximum absolute atomic E-state index is 12.8. The number of hydrogen-bond donors (Lipinski definition) is 1. The summed E-state index contributed by atoms with van der Waals surface area (Å²) in [5.41, 5.74) is 16.2. The second-order valence-electron chi connectivity index (χ2n) is 7.74. The number of nitrogens with two attached hydrogens (primary N) is 1. The highest BCUT2D eigenvalue weighted by Crippen LogP contribution is 2.27. The molecule has 3 unspecified atom stereocenters. The Morgan fingerprint density at radius 1 is 1.06 bits per heavy atom. The number of hydrogen-bond acceptors (Lipinski definition) is 8. The van der Waals surface area contributed by atoms with E-state index in [0.29, 0.717) is 17.7 Å². The highest BCUT2D eigenvalue weighted by Gasteiger charge is 2.47. The van der Waals surface area contributed by atoms with Crippen molar-refractivity contribution in [3.63, 3.8) is 0 Å². The van der Waals surface area contributed by atoms with Crippen LogP contribution in [0.5, 0.6) is 0 Å². The lowest BCUT2D eigenvalue weighted by Crippen LogP contribution is -2.63. The standard InChI is InChI=1S/C24H28N4O6/c1-2-3-14-31-24-19(25)21(34-23(30)17-12-8-5-9-13-17)20(27-28-26)18(33-24)15-32-22(29)16-10-6-4-7-11-16/h4-13,18-21,24H,2-3,14-15,25H2,1H3/t18?,19?,20-,21?,24-/m1/s1. The molecule has 0 saturated carbocycles. The first-order valence-corrected chi connectivity index (χ1v) is 11.1. The number of rotatable bonds is 10. The Morgan fingerprint density at radius 3 is 2.26 bits per heavy atom. The number of azide groups is 1. The predicted molar refractivity (Wildman–Crippen MR) is 123 cm³/mol. The maximum atomic E-state index is 12.8. The van der Waals surface area contributed by atoms with Crippen molar-refractivity contribution in [1.29, 1.82) is 0 Å². The number of ether oxygens (including phenoxy) is 4. The number of carbonyl (C=O) groups excluding carboxylic acids is 2. The van der Waals surface area contributed by atoms with Gasteiger partial charge in [-0.3, -0.25) is 0 Å². The quantitative estimate of drug-likeness (QED) is 0.184. The summed E-state index contributed by atoms with van der Waals surface area (Å²) in [5.74, 6) is -1.20. The van der Waals surface area contributed by atoms with Gasteiger partial charge in [-0.25, -0.2) is 9.59 Å². The summed E-state index contributed by atoms with van der Waals surface area (Å²) in [7, 11) is 0. The summed E-state index contributed by atoms with van der Waals surface area (Å²) in [6.07, 6.45) is -1.29. The van der Waals surface area contributed by atoms with E-state index in [2.05, 4.69) is 10.0 Å². The highest BCUT2D eigenvalue weighted by molar-refractivity contribution is 5.90. The fourth-order valence-corrected chi connectivity index (χ4v) is 3.50. The zero-order chi connectivity index (χ0) is 24.3. The molecule has 0 radical (unpaired) electrons. The largest absolute Gasteiger partial charge is 0.459 e. The fraction of sp³-hybridized carbons (Fsp3) is 0.417. The Kier molecular flexibility index (Phi) is 9.42. The van der Waals surface area contributed by atoms with E-state index < -0.39 is 42.5 Å². The van der Waals surface area contributed by atoms with Crippen molar-refractivity contribution in [2.24, 2.45) is 10.8 Å². The van der Waals surface area contributed by atoms with Crippen LogP contribution in [-0.2, 0) is 18.9 Å². The van der Waals surface area contributed by atoms with Crippen molar-refractivity contribution in [1.82, 2.24) is 0 Å². The van der Waals surface area contributed by atoms with Crippen LogP contribution in [0.4, 0.5) is 0 Å². The summed E-state index contributed by atoms with van der Waals surface area (Å²) in [6, 6.07) is 14.9. The van der Waals surface area contributed by atoms with E-state index >= 15 is 0 Å². The van der Waals surface area contributed by atoms with E-state index in [0.717, 1.165) is 12.8 Å². The van der Waals surface area contributed by atoms with Crippen LogP contribution in [0.3, 0.4) is 0 Å². The Balaban J connectivity index is 1.80. The molecule has 10 nitrogen and oxygen atoms in total. The molecule has 0 amide bonds. The van der Waals surface area contributed by atoms with Crippen molar-refractivity contribution >= 4 is 11.9 Å². The van der Waals surface area contributed by atoms with Crippen LogP contribution in [0.1, 0.15) is 40.5 Å². The molecule has 1 heterocycles. The zero-order valence-corrected chi connectivity index (χ0v) is 18.9. The van der Waals surface area contributed by atoms with Gasteiger partial charge in [0.25, 0.3) is 0 Å². The van der Waals surface area contributed by atoms with Gasteiger partial charge in [-0.2, -0.15) is 0 Å². The molecule has 1 saturated heterocycles. The number of unbranched alkanes of at least 4 members (excludes halogenated alkanes) is 1. The molecule has 2 aromatic carbocycles. The zero-order valence-electron chi connectivity index (χ0n) is 18.9. The Morgan fingerprint density at radius 2 is 1.68 bits per heavy atom. The number of benzene rings is 2. The van der Waals surface area contributed by atoms with Gasteiger partial charge in [0, 0.05) is 11.5 Å². The second-order valence-corrected chi connectivity index (χ2v) is 7.74. The van der Waals surface area contributed by atoms with Crippen LogP contribution >= 0.6 is 0 Å². The van der Waals surface area contributed by atoms with E-state index in [-0.39, 0.29) is 6.61 Å². The van der Waals surface area contributed by atoms with E-state index in [1.165, 1.54) is 0 Å². The fourth-order valence-electron chi connectivity index (χ4n) is 3.50. The normalized spacial score (nSPS) is 24.0. The molecular formula is C24H28N4O6. The van der Waals surface area contributed by atoms with Gasteiger partial charge in [0.15, 0.2) is 6.29 Å². The summed E-state index contributed by atoms with van der Waals surface area (Å²) < 4.78 is 22.8. The third kappa shape index (κ3) is 6.55. The molecule has 0 aliphatic carbocycles. The first-order valence-electron chi connectivity index (χ1n) is 11.1. The second kappa shape index (κ2) is 12.7. The van der Waals surface area contributed by atoms with E-state index in [4.69, 9.17) is 30.2 Å². The summed E-state index contributed by atoms with van der Waals surface area (Å²) >= 11 is 0. The molecule has 0 aromatic heterocycles. The van der Waals surface area contributed by atoms with Crippen LogP contribution in [0.15, 0.2) is 65.8 Å². The Labute approximate surface area is 197 Å². The third-order valence-corrected chi connectivity index (χ3v) is 5.33. The van der Waals surface area contributed by atoms with E-state index in [9.17, 15) is 9.59 Å². The predicted octanol–water partition coefficient (Wildman–Crippen LogP) is 3.62. The topological polar surface area (TPSA) is 146 Å². The molecule has 34 heavy (non-hydrogen) atoms. The van der Waals surface area contributed by atoms with Gasteiger partial charge >= 0.3 is 11.9 Å². The van der Waals surface area contributed by atoms with Gasteiger partial charge in [0.2, 0.25) is 0 Å². The number of esters is 2. The minimum Gasteiger partial charge on any atom is -0.459 e. The average Bonchev–Trinajstić information content (AvgIpc) is 2.87. The number of carbonyl (C=O) groups is 2. The lowest BCUT2D eigenvalue weighted by atomic mass is 9.95. The molecule has 0 bridgehead atoms. The van der Waals surface area contributed by atoms with Gasteiger partial charge in [-0.1, -0.05) is 54.9 Å². The van der Waals surface area contributed by atoms with Crippen molar-refractivity contribution < 1.29 is 28.5 Å². The molecule has 1 aliphatic heterocycles. The van der Waals surface area contributed by atoms with Gasteiger partial charge in [-0.15, -0.1) is 0 Å². The Hall–Kier alpha value is -3.43. The van der Waals surface area contributed by atoms with E-state index in [1.807, 2.05) is 6.92 Å². The van der Waals surface area contributed by atoms with Crippen LogP contribution in [0, 0.1) is 0 Å². The molecule has 2 N–H and O–H groups in total. The molecule has 5 atom stereocenters. The van der Waals surface area contributed by atoms with Gasteiger partial charge < -0.3 is 24.7 Å². The maximum Gasteiger partial charge on any atom is 0.338 e. The molecule has 2 aromatic rings. The lowest BCUT2D eigenvalue weighted by Gasteiger charge is -2.42. The van der Waals surface area contributed by atoms with Gasteiger partial charge in [0.05, 0.1) is 17.2 Å². The molecule has 3 rings (SSSR count). The number of nitrogens with zero attached hydrogens (tertiary/aromatic N) is 3. The monoisotopic (exact) mass is 468 g/mol. The first-order chi connectivity index (χ1) is 16.5. The molecule has 180 valence electrons. The minimum absolute atomic E-state index is 0.253. The van der Waals surface area contributed by atoms with Gasteiger partial charge in [-0.05, 0) is 36.2 Å². The SMILES string of the molecule is CCCCO[C@@H]1OC(COC(=O)c2ccccc2)[C@@H](N=[N+]=[N-])C(OC(=O)c2ccccc2)C1N. The average molecular weight is 469 g/mol. The lowest BCUT2D eigenvalue weighted by molar-refractivity contribution is -0.237. The van der Waals surface area contributed by atoms with Crippen LogP contribution < -0.4 is 5.73 Å². The summed E-state index contributed by atoms with van der Waals surface area (Å²) in [5, 5.41) is 3.78. The van der Waals surface area contributed by atoms with Crippen LogP contribution in [0.25, 0.3) is 10.4 Å². The van der Waals surface area contributed by atoms with Crippen LogP contribution in [-0.4, -0.2) is 55.7 Å². The Bertz CT molecular complexity index is 983. The summed E-state index contributed by atoms with van der Waals surface area (Å²) in [6.45, 7) is 2.13.